The molecule has 0 amide bonds. The highest BCUT2D eigenvalue weighted by Gasteiger charge is 2.36. The monoisotopic (exact) mass is 341 g/mol. The zero-order valence-electron chi connectivity index (χ0n) is 12.1. The van der Waals surface area contributed by atoms with E-state index in [1.807, 2.05) is 13.8 Å². The summed E-state index contributed by atoms with van der Waals surface area (Å²) < 4.78 is 14.7. The fourth-order valence-corrected chi connectivity index (χ4v) is 3.14. The first-order valence-electron chi connectivity index (χ1n) is 7.18. The van der Waals surface area contributed by atoms with E-state index in [-0.39, 0.29) is 11.3 Å². The summed E-state index contributed by atoms with van der Waals surface area (Å²) in [6.07, 6.45) is 4.65. The van der Waals surface area contributed by atoms with Crippen LogP contribution in [0.4, 0.5) is 4.39 Å². The average Bonchev–Trinajstić information content (AvgIpc) is 2.70. The first-order valence-corrected chi connectivity index (χ1v) is 7.97. The third-order valence-corrected chi connectivity index (χ3v) is 4.62. The lowest BCUT2D eigenvalue weighted by Gasteiger charge is -2.36. The van der Waals surface area contributed by atoms with Crippen LogP contribution in [0.3, 0.4) is 0 Å². The maximum absolute atomic E-state index is 13.9. The van der Waals surface area contributed by atoms with Gasteiger partial charge < -0.3 is 0 Å². The van der Waals surface area contributed by atoms with Crippen molar-refractivity contribution < 1.29 is 9.18 Å². The predicted octanol–water partition coefficient (Wildman–Crippen LogP) is 4.43. The molecular formula is C16H21BrFNO. The maximum Gasteiger partial charge on any atom is 0.185 e. The van der Waals surface area contributed by atoms with Crippen LogP contribution in [0, 0.1) is 5.82 Å². The summed E-state index contributed by atoms with van der Waals surface area (Å²) in [5.74, 6) is -0.584. The van der Waals surface area contributed by atoms with Gasteiger partial charge in [0.15, 0.2) is 5.78 Å². The number of carbonyl (C=O) groups is 1. The Kier molecular flexibility index (Phi) is 4.97. The Morgan fingerprint density at radius 1 is 1.20 bits per heavy atom. The quantitative estimate of drug-likeness (QED) is 0.758. The van der Waals surface area contributed by atoms with Crippen molar-refractivity contribution in [1.82, 2.24) is 4.90 Å². The van der Waals surface area contributed by atoms with Gasteiger partial charge in [-0.25, -0.2) is 4.39 Å². The lowest BCUT2D eigenvalue weighted by Crippen LogP contribution is -2.50. The predicted molar refractivity (Wildman–Crippen MR) is 82.6 cm³/mol. The van der Waals surface area contributed by atoms with Crippen LogP contribution in [0.25, 0.3) is 0 Å². The van der Waals surface area contributed by atoms with E-state index in [0.717, 1.165) is 30.4 Å². The van der Waals surface area contributed by atoms with Crippen LogP contribution in [0.15, 0.2) is 22.7 Å². The molecule has 0 spiro atoms. The number of halogens is 2. The summed E-state index contributed by atoms with van der Waals surface area (Å²) in [4.78, 5) is 14.9. The molecule has 0 N–H and O–H groups in total. The molecule has 20 heavy (non-hydrogen) atoms. The summed E-state index contributed by atoms with van der Waals surface area (Å²) in [6.45, 7) is 5.63. The molecule has 0 bridgehead atoms. The zero-order chi connectivity index (χ0) is 14.8. The van der Waals surface area contributed by atoms with Gasteiger partial charge in [0, 0.05) is 4.47 Å². The summed E-state index contributed by atoms with van der Waals surface area (Å²) >= 11 is 3.31. The van der Waals surface area contributed by atoms with Crippen LogP contribution < -0.4 is 0 Å². The molecule has 1 heterocycles. The largest absolute Gasteiger partial charge is 0.292 e. The standard InChI is InChI=1S/C16H21BrFNO/c1-16(2,19-9-5-3-4-6-10-19)15(20)13-11-12(17)7-8-14(13)18/h7-8,11H,3-6,9-10H2,1-2H3. The molecule has 0 unspecified atom stereocenters. The molecule has 0 saturated carbocycles. The third-order valence-electron chi connectivity index (χ3n) is 4.13. The van der Waals surface area contributed by atoms with Crippen molar-refractivity contribution in [3.63, 3.8) is 0 Å². The Morgan fingerprint density at radius 2 is 1.80 bits per heavy atom. The highest BCUT2D eigenvalue weighted by Crippen LogP contribution is 2.26. The molecule has 2 rings (SSSR count). The molecule has 1 aromatic rings. The van der Waals surface area contributed by atoms with Crippen LogP contribution in [-0.4, -0.2) is 29.3 Å². The molecule has 1 saturated heterocycles. The number of likely N-dealkylation sites (tertiary alicyclic amines) is 1. The second-order valence-electron chi connectivity index (χ2n) is 5.91. The van der Waals surface area contributed by atoms with Gasteiger partial charge in [-0.05, 0) is 58.0 Å². The van der Waals surface area contributed by atoms with Crippen LogP contribution in [0.1, 0.15) is 49.9 Å². The Bertz CT molecular complexity index is 493. The lowest BCUT2D eigenvalue weighted by molar-refractivity contribution is 0.0645. The Labute approximate surface area is 128 Å². The van der Waals surface area contributed by atoms with Crippen molar-refractivity contribution >= 4 is 21.7 Å². The summed E-state index contributed by atoms with van der Waals surface area (Å²) in [7, 11) is 0. The first kappa shape index (κ1) is 15.6. The van der Waals surface area contributed by atoms with Crippen molar-refractivity contribution in [2.45, 2.75) is 45.1 Å². The van der Waals surface area contributed by atoms with Crippen molar-refractivity contribution in [2.24, 2.45) is 0 Å². The van der Waals surface area contributed by atoms with Gasteiger partial charge in [-0.3, -0.25) is 9.69 Å². The van der Waals surface area contributed by atoms with Crippen molar-refractivity contribution in [2.75, 3.05) is 13.1 Å². The number of carbonyl (C=O) groups excluding carboxylic acids is 1. The number of ketones is 1. The number of hydrogen-bond acceptors (Lipinski definition) is 2. The molecule has 0 radical (unpaired) electrons. The zero-order valence-corrected chi connectivity index (χ0v) is 13.7. The van der Waals surface area contributed by atoms with E-state index in [2.05, 4.69) is 20.8 Å². The van der Waals surface area contributed by atoms with E-state index in [1.54, 1.807) is 12.1 Å². The van der Waals surface area contributed by atoms with Crippen LogP contribution >= 0.6 is 15.9 Å². The first-order chi connectivity index (χ1) is 9.43. The maximum atomic E-state index is 13.9. The minimum Gasteiger partial charge on any atom is -0.292 e. The van der Waals surface area contributed by atoms with E-state index < -0.39 is 11.4 Å². The van der Waals surface area contributed by atoms with Gasteiger partial charge >= 0.3 is 0 Å². The molecule has 0 aliphatic carbocycles. The molecule has 1 aliphatic rings. The summed E-state index contributed by atoms with van der Waals surface area (Å²) in [5, 5.41) is 0. The Balaban J connectivity index is 2.27. The van der Waals surface area contributed by atoms with E-state index in [4.69, 9.17) is 0 Å². The SMILES string of the molecule is CC(C)(C(=O)c1cc(Br)ccc1F)N1CCCCCC1. The summed E-state index contributed by atoms with van der Waals surface area (Å²) in [5.41, 5.74) is -0.486. The molecule has 1 aromatic carbocycles. The lowest BCUT2D eigenvalue weighted by atomic mass is 9.90. The number of benzene rings is 1. The number of hydrogen-bond donors (Lipinski definition) is 0. The van der Waals surface area contributed by atoms with Gasteiger partial charge in [0.25, 0.3) is 0 Å². The van der Waals surface area contributed by atoms with Gasteiger partial charge in [0.1, 0.15) is 5.82 Å². The number of Topliss-reactive ketones (excluding diaryl/α,β-unsaturated/α-hetero) is 1. The van der Waals surface area contributed by atoms with Gasteiger partial charge in [-0.1, -0.05) is 28.8 Å². The Hall–Kier alpha value is -0.740. The van der Waals surface area contributed by atoms with Gasteiger partial charge in [0.2, 0.25) is 0 Å². The molecule has 1 fully saturated rings. The second kappa shape index (κ2) is 6.35. The molecule has 1 aliphatic heterocycles. The third kappa shape index (κ3) is 3.29. The van der Waals surface area contributed by atoms with E-state index >= 15 is 0 Å². The van der Waals surface area contributed by atoms with Gasteiger partial charge in [-0.15, -0.1) is 0 Å². The molecule has 110 valence electrons. The van der Waals surface area contributed by atoms with Gasteiger partial charge in [-0.2, -0.15) is 0 Å². The van der Waals surface area contributed by atoms with Crippen molar-refractivity contribution in [3.8, 4) is 0 Å². The fraction of sp³-hybridized carbons (Fsp3) is 0.562. The molecule has 0 atom stereocenters. The average molecular weight is 342 g/mol. The van der Waals surface area contributed by atoms with E-state index in [0.29, 0.717) is 0 Å². The normalized spacial score (nSPS) is 17.8. The minimum atomic E-state index is -0.661. The molecule has 4 heteroatoms. The number of nitrogens with zero attached hydrogens (tertiary/aromatic N) is 1. The smallest absolute Gasteiger partial charge is 0.185 e. The topological polar surface area (TPSA) is 20.3 Å². The second-order valence-corrected chi connectivity index (χ2v) is 6.83. The minimum absolute atomic E-state index is 0.141. The van der Waals surface area contributed by atoms with E-state index in [9.17, 15) is 9.18 Å². The number of rotatable bonds is 3. The molecule has 2 nitrogen and oxygen atoms in total. The van der Waals surface area contributed by atoms with Crippen molar-refractivity contribution in [1.29, 1.82) is 0 Å². The summed E-state index contributed by atoms with van der Waals surface area (Å²) in [6, 6.07) is 4.54. The highest BCUT2D eigenvalue weighted by atomic mass is 79.9. The van der Waals surface area contributed by atoms with Gasteiger partial charge in [0.05, 0.1) is 11.1 Å². The van der Waals surface area contributed by atoms with Crippen LogP contribution in [0.2, 0.25) is 0 Å². The van der Waals surface area contributed by atoms with Crippen LogP contribution in [-0.2, 0) is 0 Å². The molecular weight excluding hydrogens is 321 g/mol. The fourth-order valence-electron chi connectivity index (χ4n) is 2.77. The molecule has 0 aromatic heterocycles. The van der Waals surface area contributed by atoms with Crippen molar-refractivity contribution in [3.05, 3.63) is 34.1 Å². The Morgan fingerprint density at radius 3 is 2.40 bits per heavy atom. The van der Waals surface area contributed by atoms with E-state index in [1.165, 1.54) is 18.9 Å². The highest BCUT2D eigenvalue weighted by molar-refractivity contribution is 9.10. The van der Waals surface area contributed by atoms with Crippen LogP contribution in [0.5, 0.6) is 0 Å².